The molecule has 0 fully saturated rings. The average molecular weight is 246 g/mol. The second-order valence-corrected chi connectivity index (χ2v) is 5.88. The third-order valence-electron chi connectivity index (χ3n) is 1.39. The van der Waals surface area contributed by atoms with Crippen molar-refractivity contribution >= 4 is 37.2 Å². The molecule has 0 atom stereocenters. The SMILES string of the molecule is CB([O-])P(=O)(NCCCl)NCCCl. The molecule has 0 aromatic heterocycles. The van der Waals surface area contributed by atoms with Gasteiger partial charge < -0.3 is 9.59 Å². The Hall–Kier alpha value is 0.755. The van der Waals surface area contributed by atoms with Gasteiger partial charge in [-0.3, -0.25) is 10.2 Å². The van der Waals surface area contributed by atoms with Crippen LogP contribution in [0.15, 0.2) is 0 Å². The van der Waals surface area contributed by atoms with Gasteiger partial charge in [-0.05, 0) is 0 Å². The molecular weight excluding hydrogens is 233 g/mol. The molecule has 8 heteroatoms. The molecule has 78 valence electrons. The fourth-order valence-corrected chi connectivity index (χ4v) is 2.70. The van der Waals surface area contributed by atoms with Crippen LogP contribution >= 0.6 is 30.5 Å². The standard InChI is InChI=1S/C5H13BCl2N2O2P/c1-6(11)13(12,9-4-2-7)10-5-3-8/h2-5H2,1H3,(H2,9,10,12)/q-1. The summed E-state index contributed by atoms with van der Waals surface area (Å²) in [4.78, 5) is 0. The number of nitrogens with one attached hydrogen (secondary N) is 2. The van der Waals surface area contributed by atoms with E-state index >= 15 is 0 Å². The smallest absolute Gasteiger partial charge is 0.145 e. The first-order valence-electron chi connectivity index (χ1n) is 3.94. The van der Waals surface area contributed by atoms with Crippen molar-refractivity contribution in [1.29, 1.82) is 0 Å². The number of hydrogen-bond acceptors (Lipinski definition) is 2. The fourth-order valence-electron chi connectivity index (χ4n) is 0.730. The summed E-state index contributed by atoms with van der Waals surface area (Å²) in [6.07, 6.45) is 0. The van der Waals surface area contributed by atoms with Gasteiger partial charge in [-0.2, -0.15) is 0 Å². The predicted octanol–water partition coefficient (Wildman–Crippen LogP) is 0.315. The summed E-state index contributed by atoms with van der Waals surface area (Å²) >= 11 is 10.8. The molecule has 0 bridgehead atoms. The predicted molar refractivity (Wildman–Crippen MR) is 56.7 cm³/mol. The van der Waals surface area contributed by atoms with Crippen LogP contribution in [0.1, 0.15) is 0 Å². The Morgan fingerprint density at radius 2 is 1.69 bits per heavy atom. The Kier molecular flexibility index (Phi) is 7.51. The second kappa shape index (κ2) is 7.10. The van der Waals surface area contributed by atoms with Crippen molar-refractivity contribution in [1.82, 2.24) is 10.2 Å². The van der Waals surface area contributed by atoms with E-state index in [0.717, 1.165) is 0 Å². The first-order chi connectivity index (χ1) is 6.06. The number of halogens is 2. The summed E-state index contributed by atoms with van der Waals surface area (Å²) in [6, 6.07) is 0. The maximum atomic E-state index is 11.8. The Balaban J connectivity index is 4.09. The lowest BCUT2D eigenvalue weighted by atomic mass is 10.1. The van der Waals surface area contributed by atoms with Crippen LogP contribution in [0, 0.1) is 0 Å². The summed E-state index contributed by atoms with van der Waals surface area (Å²) in [5.74, 6) is 0.637. The number of alkyl halides is 2. The fraction of sp³-hybridized carbons (Fsp3) is 1.00. The summed E-state index contributed by atoms with van der Waals surface area (Å²) in [6.45, 7) is 0.851. The lowest BCUT2D eigenvalue weighted by molar-refractivity contribution is -0.185. The minimum atomic E-state index is -3.05. The summed E-state index contributed by atoms with van der Waals surface area (Å²) < 4.78 is 11.8. The summed E-state index contributed by atoms with van der Waals surface area (Å²) in [7, 11) is -3.05. The van der Waals surface area contributed by atoms with E-state index in [4.69, 9.17) is 23.2 Å². The highest BCUT2D eigenvalue weighted by Gasteiger charge is 2.21. The molecule has 0 heterocycles. The molecule has 0 aromatic carbocycles. The van der Waals surface area contributed by atoms with Crippen LogP contribution in [0.3, 0.4) is 0 Å². The van der Waals surface area contributed by atoms with Crippen molar-refractivity contribution < 1.29 is 9.59 Å². The highest BCUT2D eigenvalue weighted by Crippen LogP contribution is 2.35. The van der Waals surface area contributed by atoms with E-state index in [1.54, 1.807) is 0 Å². The van der Waals surface area contributed by atoms with E-state index in [1.807, 2.05) is 0 Å². The molecule has 0 spiro atoms. The monoisotopic (exact) mass is 245 g/mol. The normalized spacial score (nSPS) is 11.7. The van der Waals surface area contributed by atoms with E-state index in [9.17, 15) is 9.59 Å². The van der Waals surface area contributed by atoms with Gasteiger partial charge in [0, 0.05) is 24.8 Å². The van der Waals surface area contributed by atoms with Gasteiger partial charge in [-0.25, -0.2) is 0 Å². The van der Waals surface area contributed by atoms with Gasteiger partial charge in [0.15, 0.2) is 0 Å². The summed E-state index contributed by atoms with van der Waals surface area (Å²) in [5.41, 5.74) is 0. The molecule has 4 nitrogen and oxygen atoms in total. The molecule has 0 rings (SSSR count). The van der Waals surface area contributed by atoms with Gasteiger partial charge in [0.25, 0.3) is 0 Å². The van der Waals surface area contributed by atoms with Gasteiger partial charge in [0.05, 0.1) is 0 Å². The minimum Gasteiger partial charge on any atom is -0.871 e. The molecule has 0 amide bonds. The van der Waals surface area contributed by atoms with Crippen molar-refractivity contribution in [2.24, 2.45) is 0 Å². The number of hydrogen-bond donors (Lipinski definition) is 2. The zero-order valence-corrected chi connectivity index (χ0v) is 9.83. The topological polar surface area (TPSA) is 64.2 Å². The molecule has 0 aliphatic carbocycles. The quantitative estimate of drug-likeness (QED) is 0.385. The average Bonchev–Trinajstić information content (AvgIpc) is 2.11. The van der Waals surface area contributed by atoms with Crippen molar-refractivity contribution in [2.75, 3.05) is 24.8 Å². The van der Waals surface area contributed by atoms with E-state index in [-0.39, 0.29) is 0 Å². The zero-order chi connectivity index (χ0) is 10.3. The minimum absolute atomic E-state index is 0.319. The van der Waals surface area contributed by atoms with Crippen LogP contribution in [0.25, 0.3) is 0 Å². The lowest BCUT2D eigenvalue weighted by Gasteiger charge is -2.28. The maximum absolute atomic E-state index is 11.8. The van der Waals surface area contributed by atoms with Crippen molar-refractivity contribution in [3.63, 3.8) is 0 Å². The van der Waals surface area contributed by atoms with Gasteiger partial charge in [-0.1, -0.05) is 6.82 Å². The number of rotatable bonds is 7. The third kappa shape index (κ3) is 5.26. The third-order valence-corrected chi connectivity index (χ3v) is 4.18. The van der Waals surface area contributed by atoms with E-state index < -0.39 is 14.0 Å². The zero-order valence-electron chi connectivity index (χ0n) is 7.43. The molecule has 0 aliphatic rings. The summed E-state index contributed by atoms with van der Waals surface area (Å²) in [5, 5.41) is 16.3. The van der Waals surface area contributed by atoms with Crippen LogP contribution in [0.5, 0.6) is 0 Å². The maximum Gasteiger partial charge on any atom is 0.145 e. The first kappa shape index (κ1) is 13.8. The van der Waals surface area contributed by atoms with Gasteiger partial charge in [0.2, 0.25) is 0 Å². The highest BCUT2D eigenvalue weighted by molar-refractivity contribution is 7.90. The molecule has 2 N–H and O–H groups in total. The largest absolute Gasteiger partial charge is 0.871 e. The molecule has 0 aromatic rings. The molecule has 13 heavy (non-hydrogen) atoms. The Bertz CT molecular complexity index is 172. The molecule has 0 saturated carbocycles. The molecule has 0 aliphatic heterocycles. The van der Waals surface area contributed by atoms with Crippen molar-refractivity contribution in [3.05, 3.63) is 0 Å². The van der Waals surface area contributed by atoms with Crippen molar-refractivity contribution in [3.8, 4) is 0 Å². The molecular formula is C5H13BCl2N2O2P-. The van der Waals surface area contributed by atoms with Crippen LogP contribution in [-0.2, 0) is 4.57 Å². The lowest BCUT2D eigenvalue weighted by Crippen LogP contribution is -2.40. The van der Waals surface area contributed by atoms with Gasteiger partial charge in [-0.15, -0.1) is 23.2 Å². The van der Waals surface area contributed by atoms with E-state index in [1.165, 1.54) is 6.82 Å². The Labute approximate surface area is 88.9 Å². The van der Waals surface area contributed by atoms with Crippen molar-refractivity contribution in [2.45, 2.75) is 6.82 Å². The Morgan fingerprint density at radius 1 is 1.31 bits per heavy atom. The van der Waals surface area contributed by atoms with Crippen LogP contribution < -0.4 is 15.2 Å². The van der Waals surface area contributed by atoms with Crippen LogP contribution in [0.4, 0.5) is 0 Å². The molecule has 0 saturated heterocycles. The van der Waals surface area contributed by atoms with Crippen LogP contribution in [-0.4, -0.2) is 31.5 Å². The molecule has 0 unspecified atom stereocenters. The van der Waals surface area contributed by atoms with E-state index in [0.29, 0.717) is 24.8 Å². The van der Waals surface area contributed by atoms with Gasteiger partial charge >= 0.3 is 0 Å². The van der Waals surface area contributed by atoms with E-state index in [2.05, 4.69) is 10.2 Å². The first-order valence-corrected chi connectivity index (χ1v) is 6.79. The van der Waals surface area contributed by atoms with Gasteiger partial charge in [0.1, 0.15) is 14.0 Å². The Morgan fingerprint density at radius 3 is 1.92 bits per heavy atom. The second-order valence-electron chi connectivity index (χ2n) is 2.45. The highest BCUT2D eigenvalue weighted by atomic mass is 35.5. The molecule has 0 radical (unpaired) electrons. The van der Waals surface area contributed by atoms with Crippen LogP contribution in [0.2, 0.25) is 6.82 Å².